The third kappa shape index (κ3) is 4.39. The Morgan fingerprint density at radius 2 is 2.08 bits per heavy atom. The van der Waals surface area contributed by atoms with Gasteiger partial charge >= 0.3 is 0 Å². The molecule has 0 saturated carbocycles. The molecule has 1 heterocycles. The highest BCUT2D eigenvalue weighted by molar-refractivity contribution is 5.76. The molecule has 0 aliphatic carbocycles. The van der Waals surface area contributed by atoms with Gasteiger partial charge in [-0.3, -0.25) is 9.69 Å². The monoisotopic (exact) mass is 358 g/mol. The van der Waals surface area contributed by atoms with Crippen LogP contribution in [0.4, 0.5) is 10.1 Å². The maximum absolute atomic E-state index is 14.7. The molecule has 2 N–H and O–H groups in total. The van der Waals surface area contributed by atoms with Crippen LogP contribution in [-0.2, 0) is 11.3 Å². The number of anilines is 1. The van der Waals surface area contributed by atoms with Crippen molar-refractivity contribution in [1.82, 2.24) is 4.90 Å². The molecule has 1 fully saturated rings. The van der Waals surface area contributed by atoms with Gasteiger partial charge in [0.25, 0.3) is 0 Å². The number of morpholine rings is 1. The van der Waals surface area contributed by atoms with Gasteiger partial charge in [-0.05, 0) is 36.8 Å². The Kier molecular flexibility index (Phi) is 5.85. The zero-order chi connectivity index (χ0) is 18.5. The van der Waals surface area contributed by atoms with Crippen LogP contribution in [0.15, 0.2) is 36.4 Å². The van der Waals surface area contributed by atoms with Crippen molar-refractivity contribution in [1.29, 1.82) is 0 Å². The Balaban J connectivity index is 1.84. The highest BCUT2D eigenvalue weighted by Gasteiger charge is 2.18. The molecule has 2 aromatic carbocycles. The molecule has 26 heavy (non-hydrogen) atoms. The number of halogens is 1. The lowest BCUT2D eigenvalue weighted by Crippen LogP contribution is -2.35. The number of aromatic hydroxyl groups is 1. The highest BCUT2D eigenvalue weighted by Crippen LogP contribution is 2.27. The molecule has 6 heteroatoms. The lowest BCUT2D eigenvalue weighted by molar-refractivity contribution is 0.0341. The van der Waals surface area contributed by atoms with Crippen LogP contribution in [-0.4, -0.2) is 42.6 Å². The summed E-state index contributed by atoms with van der Waals surface area (Å²) in [4.78, 5) is 13.5. The highest BCUT2D eigenvalue weighted by atomic mass is 19.1. The molecule has 0 radical (unpaired) electrons. The van der Waals surface area contributed by atoms with Crippen molar-refractivity contribution in [3.8, 4) is 5.75 Å². The second kappa shape index (κ2) is 8.29. The van der Waals surface area contributed by atoms with E-state index in [2.05, 4.69) is 10.2 Å². The minimum absolute atomic E-state index is 0.0651. The molecular weight excluding hydrogens is 335 g/mol. The summed E-state index contributed by atoms with van der Waals surface area (Å²) >= 11 is 0. The SMILES string of the molecule is CC(Nc1cccc(O)c1)c1cc(CN2CCOCC2)cc(C=O)c1F. The number of nitrogens with one attached hydrogen (secondary N) is 1. The van der Waals surface area contributed by atoms with Crippen LogP contribution in [0.1, 0.15) is 34.5 Å². The van der Waals surface area contributed by atoms with Gasteiger partial charge in [-0.2, -0.15) is 0 Å². The number of nitrogens with zero attached hydrogens (tertiary/aromatic N) is 1. The Bertz CT molecular complexity index is 776. The second-order valence-electron chi connectivity index (χ2n) is 6.51. The molecule has 1 aliphatic rings. The molecule has 1 aliphatic heterocycles. The van der Waals surface area contributed by atoms with Crippen molar-refractivity contribution >= 4 is 12.0 Å². The van der Waals surface area contributed by atoms with Crippen molar-refractivity contribution in [2.45, 2.75) is 19.5 Å². The largest absolute Gasteiger partial charge is 0.508 e. The van der Waals surface area contributed by atoms with Crippen LogP contribution >= 0.6 is 0 Å². The first kappa shape index (κ1) is 18.4. The molecule has 3 rings (SSSR count). The van der Waals surface area contributed by atoms with Crippen LogP contribution in [0.25, 0.3) is 0 Å². The number of rotatable bonds is 6. The van der Waals surface area contributed by atoms with E-state index in [0.29, 0.717) is 37.3 Å². The van der Waals surface area contributed by atoms with E-state index < -0.39 is 5.82 Å². The maximum atomic E-state index is 14.7. The van der Waals surface area contributed by atoms with Gasteiger partial charge in [0.05, 0.1) is 24.8 Å². The van der Waals surface area contributed by atoms with Gasteiger partial charge in [-0.25, -0.2) is 4.39 Å². The number of phenolic OH excluding ortho intramolecular Hbond substituents is 1. The predicted octanol–water partition coefficient (Wildman–Crippen LogP) is 3.35. The fourth-order valence-electron chi connectivity index (χ4n) is 3.17. The molecule has 0 amide bonds. The van der Waals surface area contributed by atoms with Crippen LogP contribution < -0.4 is 5.32 Å². The predicted molar refractivity (Wildman–Crippen MR) is 98.0 cm³/mol. The quantitative estimate of drug-likeness (QED) is 0.776. The van der Waals surface area contributed by atoms with Gasteiger partial charge in [0, 0.05) is 37.0 Å². The van der Waals surface area contributed by atoms with Crippen molar-refractivity contribution in [2.24, 2.45) is 0 Å². The van der Waals surface area contributed by atoms with Gasteiger partial charge in [0.1, 0.15) is 11.6 Å². The van der Waals surface area contributed by atoms with E-state index >= 15 is 0 Å². The standard InChI is InChI=1S/C20H23FN2O3/c1-14(22-17-3-2-4-18(25)11-17)19-10-15(9-16(13-24)20(19)21)12-23-5-7-26-8-6-23/h2-4,9-11,13-14,22,25H,5-8,12H2,1H3. The lowest BCUT2D eigenvalue weighted by atomic mass is 9.99. The number of aldehydes is 1. The molecule has 1 unspecified atom stereocenters. The number of carbonyl (C=O) groups is 1. The third-order valence-electron chi connectivity index (χ3n) is 4.52. The van der Waals surface area contributed by atoms with Crippen LogP contribution in [0.5, 0.6) is 5.75 Å². The van der Waals surface area contributed by atoms with Crippen LogP contribution in [0, 0.1) is 5.82 Å². The summed E-state index contributed by atoms with van der Waals surface area (Å²) in [5, 5.41) is 12.8. The van der Waals surface area contributed by atoms with Gasteiger partial charge in [0.15, 0.2) is 6.29 Å². The maximum Gasteiger partial charge on any atom is 0.153 e. The summed E-state index contributed by atoms with van der Waals surface area (Å²) in [7, 11) is 0. The smallest absolute Gasteiger partial charge is 0.153 e. The van der Waals surface area contributed by atoms with Crippen molar-refractivity contribution in [3.05, 3.63) is 58.9 Å². The van der Waals surface area contributed by atoms with E-state index in [0.717, 1.165) is 18.7 Å². The Morgan fingerprint density at radius 3 is 2.77 bits per heavy atom. The first-order valence-corrected chi connectivity index (χ1v) is 8.70. The summed E-state index contributed by atoms with van der Waals surface area (Å²) in [6.45, 7) is 5.49. The lowest BCUT2D eigenvalue weighted by Gasteiger charge is -2.27. The molecule has 0 aromatic heterocycles. The van der Waals surface area contributed by atoms with Crippen LogP contribution in [0.2, 0.25) is 0 Å². The second-order valence-corrected chi connectivity index (χ2v) is 6.51. The molecule has 0 bridgehead atoms. The topological polar surface area (TPSA) is 61.8 Å². The number of ether oxygens (including phenoxy) is 1. The Labute approximate surface area is 152 Å². The zero-order valence-electron chi connectivity index (χ0n) is 14.7. The average Bonchev–Trinajstić information content (AvgIpc) is 2.63. The van der Waals surface area contributed by atoms with E-state index in [1.807, 2.05) is 6.92 Å². The fourth-order valence-corrected chi connectivity index (χ4v) is 3.17. The van der Waals surface area contributed by atoms with E-state index in [1.54, 1.807) is 36.4 Å². The fraction of sp³-hybridized carbons (Fsp3) is 0.350. The normalized spacial score (nSPS) is 16.2. The number of phenols is 1. The summed E-state index contributed by atoms with van der Waals surface area (Å²) in [5.41, 5.74) is 2.08. The molecule has 2 aromatic rings. The zero-order valence-corrected chi connectivity index (χ0v) is 14.7. The van der Waals surface area contributed by atoms with Crippen molar-refractivity contribution < 1.29 is 19.0 Å². The molecule has 1 saturated heterocycles. The molecule has 138 valence electrons. The molecule has 0 spiro atoms. The van der Waals surface area contributed by atoms with Gasteiger partial charge in [0.2, 0.25) is 0 Å². The molecule has 5 nitrogen and oxygen atoms in total. The average molecular weight is 358 g/mol. The number of hydrogen-bond acceptors (Lipinski definition) is 5. The van der Waals surface area contributed by atoms with Gasteiger partial charge < -0.3 is 15.2 Å². The Morgan fingerprint density at radius 1 is 1.31 bits per heavy atom. The number of hydrogen-bond donors (Lipinski definition) is 2. The van der Waals surface area contributed by atoms with E-state index in [1.165, 1.54) is 0 Å². The minimum Gasteiger partial charge on any atom is -0.508 e. The number of benzene rings is 2. The van der Waals surface area contributed by atoms with Gasteiger partial charge in [-0.15, -0.1) is 0 Å². The minimum atomic E-state index is -0.508. The van der Waals surface area contributed by atoms with E-state index in [4.69, 9.17) is 4.74 Å². The number of carbonyl (C=O) groups excluding carboxylic acids is 1. The molecular formula is C20H23FN2O3. The first-order chi connectivity index (χ1) is 12.6. The van der Waals surface area contributed by atoms with Crippen molar-refractivity contribution in [2.75, 3.05) is 31.6 Å². The Hall–Kier alpha value is -2.44. The van der Waals surface area contributed by atoms with Gasteiger partial charge in [-0.1, -0.05) is 6.07 Å². The summed E-state index contributed by atoms with van der Waals surface area (Å²) < 4.78 is 20.1. The van der Waals surface area contributed by atoms with E-state index in [-0.39, 0.29) is 17.4 Å². The molecule has 1 atom stereocenters. The summed E-state index contributed by atoms with van der Waals surface area (Å²) in [5.74, 6) is -0.372. The van der Waals surface area contributed by atoms with E-state index in [9.17, 15) is 14.3 Å². The third-order valence-corrected chi connectivity index (χ3v) is 4.52. The van der Waals surface area contributed by atoms with Crippen molar-refractivity contribution in [3.63, 3.8) is 0 Å². The van der Waals surface area contributed by atoms with Crippen LogP contribution in [0.3, 0.4) is 0 Å². The first-order valence-electron chi connectivity index (χ1n) is 8.70. The summed E-state index contributed by atoms with van der Waals surface area (Å²) in [6.07, 6.45) is 0.558. The summed E-state index contributed by atoms with van der Waals surface area (Å²) in [6, 6.07) is 9.72.